The lowest BCUT2D eigenvalue weighted by atomic mass is 10.0. The fourth-order valence-electron chi connectivity index (χ4n) is 3.34. The third-order valence-electron chi connectivity index (χ3n) is 5.04. The first-order valence-electron chi connectivity index (χ1n) is 10.3. The monoisotopic (exact) mass is 471 g/mol. The lowest BCUT2D eigenvalue weighted by molar-refractivity contribution is -0.159. The van der Waals surface area contributed by atoms with Gasteiger partial charge in [-0.25, -0.2) is 14.0 Å². The van der Waals surface area contributed by atoms with Crippen molar-refractivity contribution in [3.63, 3.8) is 0 Å². The summed E-state index contributed by atoms with van der Waals surface area (Å²) in [4.78, 5) is 20.6. The summed E-state index contributed by atoms with van der Waals surface area (Å²) in [5.41, 5.74) is 0.106. The van der Waals surface area contributed by atoms with Crippen molar-refractivity contribution in [2.24, 2.45) is 0 Å². The molecule has 1 aliphatic heterocycles. The summed E-state index contributed by atoms with van der Waals surface area (Å²) in [5.74, 6) is -3.61. The zero-order chi connectivity index (χ0) is 24.4. The van der Waals surface area contributed by atoms with Crippen LogP contribution in [0.3, 0.4) is 0 Å². The van der Waals surface area contributed by atoms with Gasteiger partial charge in [0, 0.05) is 13.0 Å². The molecule has 1 unspecified atom stereocenters. The SMILES string of the molecule is Fc1ccc(C(CCN2CCCCC2)Oc2ccc(C(F)(F)F)cc2)cc1.O=C(O)C(=O)O. The number of rotatable bonds is 6. The number of ether oxygens (including phenoxy) is 1. The summed E-state index contributed by atoms with van der Waals surface area (Å²) in [6.07, 6.45) is -0.415. The highest BCUT2D eigenvalue weighted by Crippen LogP contribution is 2.32. The Labute approximate surface area is 188 Å². The minimum atomic E-state index is -4.37. The maximum absolute atomic E-state index is 13.3. The van der Waals surface area contributed by atoms with E-state index in [0.717, 1.165) is 37.3 Å². The van der Waals surface area contributed by atoms with Gasteiger partial charge < -0.3 is 19.8 Å². The van der Waals surface area contributed by atoms with Gasteiger partial charge in [0.1, 0.15) is 17.7 Å². The predicted molar refractivity (Wildman–Crippen MR) is 111 cm³/mol. The number of halogens is 4. The number of carboxylic acid groups (broad SMARTS) is 2. The van der Waals surface area contributed by atoms with E-state index in [1.807, 2.05) is 0 Å². The van der Waals surface area contributed by atoms with Crippen molar-refractivity contribution in [3.8, 4) is 5.75 Å². The molecule has 1 heterocycles. The van der Waals surface area contributed by atoms with Crippen LogP contribution < -0.4 is 4.74 Å². The number of nitrogens with zero attached hydrogens (tertiary/aromatic N) is 1. The lowest BCUT2D eigenvalue weighted by Gasteiger charge is -2.28. The number of carboxylic acids is 2. The molecule has 0 aromatic heterocycles. The first kappa shape index (κ1) is 26.1. The molecule has 1 fully saturated rings. The molecule has 3 rings (SSSR count). The first-order valence-corrected chi connectivity index (χ1v) is 10.3. The van der Waals surface area contributed by atoms with E-state index >= 15 is 0 Å². The van der Waals surface area contributed by atoms with Crippen LogP contribution in [0.25, 0.3) is 0 Å². The number of piperidine rings is 1. The molecule has 2 N–H and O–H groups in total. The van der Waals surface area contributed by atoms with E-state index in [0.29, 0.717) is 12.2 Å². The highest BCUT2D eigenvalue weighted by atomic mass is 19.4. The summed E-state index contributed by atoms with van der Waals surface area (Å²) >= 11 is 0. The first-order chi connectivity index (χ1) is 15.6. The number of hydrogen-bond donors (Lipinski definition) is 2. The van der Waals surface area contributed by atoms with E-state index in [-0.39, 0.29) is 11.9 Å². The van der Waals surface area contributed by atoms with E-state index in [4.69, 9.17) is 24.5 Å². The molecule has 0 radical (unpaired) electrons. The van der Waals surface area contributed by atoms with E-state index in [1.165, 1.54) is 43.5 Å². The second-order valence-corrected chi connectivity index (χ2v) is 7.48. The summed E-state index contributed by atoms with van der Waals surface area (Å²) in [7, 11) is 0. The van der Waals surface area contributed by atoms with Crippen molar-refractivity contribution in [2.45, 2.75) is 38.0 Å². The zero-order valence-corrected chi connectivity index (χ0v) is 17.7. The van der Waals surface area contributed by atoms with Gasteiger partial charge in [0.25, 0.3) is 0 Å². The summed E-state index contributed by atoms with van der Waals surface area (Å²) in [6.45, 7) is 2.94. The molecule has 33 heavy (non-hydrogen) atoms. The minimum Gasteiger partial charge on any atom is -0.486 e. The molecule has 1 saturated heterocycles. The maximum Gasteiger partial charge on any atom is 0.416 e. The molecule has 2 aromatic rings. The topological polar surface area (TPSA) is 87.1 Å². The third kappa shape index (κ3) is 9.09. The standard InChI is InChI=1S/C21H23F4NO.C2H2O4/c22-18-8-4-16(5-9-18)20(12-15-26-13-2-1-3-14-26)27-19-10-6-17(7-11-19)21(23,24)25;3-1(4)2(5)6/h4-11,20H,1-3,12-15H2;(H,3,4)(H,5,6). The van der Waals surface area contributed by atoms with Gasteiger partial charge in [-0.3, -0.25) is 0 Å². The average molecular weight is 471 g/mol. The lowest BCUT2D eigenvalue weighted by Crippen LogP contribution is -2.31. The van der Waals surface area contributed by atoms with E-state index in [2.05, 4.69) is 4.90 Å². The zero-order valence-electron chi connectivity index (χ0n) is 17.7. The Kier molecular flexibility index (Phi) is 9.65. The molecule has 2 aromatic carbocycles. The second-order valence-electron chi connectivity index (χ2n) is 7.48. The molecule has 1 aliphatic rings. The van der Waals surface area contributed by atoms with Crippen LogP contribution in [-0.2, 0) is 15.8 Å². The molecule has 0 bridgehead atoms. The predicted octanol–water partition coefficient (Wildman–Crippen LogP) is 5.00. The molecule has 10 heteroatoms. The second kappa shape index (κ2) is 12.2. The third-order valence-corrected chi connectivity index (χ3v) is 5.04. The largest absolute Gasteiger partial charge is 0.486 e. The van der Waals surface area contributed by atoms with Gasteiger partial charge in [-0.1, -0.05) is 18.6 Å². The number of aliphatic carboxylic acids is 2. The van der Waals surface area contributed by atoms with E-state index in [9.17, 15) is 17.6 Å². The van der Waals surface area contributed by atoms with Gasteiger partial charge in [-0.15, -0.1) is 0 Å². The minimum absolute atomic E-state index is 0.330. The van der Waals surface area contributed by atoms with Crippen LogP contribution in [0.2, 0.25) is 0 Å². The van der Waals surface area contributed by atoms with Crippen molar-refractivity contribution >= 4 is 11.9 Å². The van der Waals surface area contributed by atoms with Crippen LogP contribution in [0.5, 0.6) is 5.75 Å². The van der Waals surface area contributed by atoms with Crippen LogP contribution in [0.15, 0.2) is 48.5 Å². The molecule has 0 aliphatic carbocycles. The van der Waals surface area contributed by atoms with Crippen LogP contribution in [0.1, 0.15) is 42.9 Å². The number of hydrogen-bond acceptors (Lipinski definition) is 4. The van der Waals surface area contributed by atoms with Gasteiger partial charge in [-0.05, 0) is 67.9 Å². The van der Waals surface area contributed by atoms with Crippen molar-refractivity contribution < 1.29 is 42.1 Å². The Bertz CT molecular complexity index is 883. The molecule has 1 atom stereocenters. The van der Waals surface area contributed by atoms with Crippen molar-refractivity contribution in [1.82, 2.24) is 4.90 Å². The highest BCUT2D eigenvalue weighted by Gasteiger charge is 2.30. The van der Waals surface area contributed by atoms with Gasteiger partial charge in [0.2, 0.25) is 0 Å². The number of alkyl halides is 3. The fraction of sp³-hybridized carbons (Fsp3) is 0.391. The molecular formula is C23H25F4NO5. The van der Waals surface area contributed by atoms with Crippen molar-refractivity contribution in [3.05, 3.63) is 65.5 Å². The molecule has 180 valence electrons. The molecule has 6 nitrogen and oxygen atoms in total. The van der Waals surface area contributed by atoms with Crippen molar-refractivity contribution in [1.29, 1.82) is 0 Å². The quantitative estimate of drug-likeness (QED) is 0.456. The van der Waals surface area contributed by atoms with Gasteiger partial charge >= 0.3 is 18.1 Å². The normalized spacial score (nSPS) is 15.2. The van der Waals surface area contributed by atoms with E-state index < -0.39 is 23.7 Å². The fourth-order valence-corrected chi connectivity index (χ4v) is 3.34. The molecule has 0 spiro atoms. The van der Waals surface area contributed by atoms with E-state index in [1.54, 1.807) is 12.1 Å². The van der Waals surface area contributed by atoms with Crippen LogP contribution in [-0.4, -0.2) is 46.7 Å². The maximum atomic E-state index is 13.3. The average Bonchev–Trinajstić information content (AvgIpc) is 2.78. The molecular weight excluding hydrogens is 446 g/mol. The Morgan fingerprint density at radius 3 is 1.94 bits per heavy atom. The Morgan fingerprint density at radius 1 is 0.909 bits per heavy atom. The number of carbonyl (C=O) groups is 2. The summed E-state index contributed by atoms with van der Waals surface area (Å²) < 4.78 is 57.4. The van der Waals surface area contributed by atoms with Crippen LogP contribution >= 0.6 is 0 Å². The summed E-state index contributed by atoms with van der Waals surface area (Å²) in [5, 5.41) is 14.8. The highest BCUT2D eigenvalue weighted by molar-refractivity contribution is 6.27. The van der Waals surface area contributed by atoms with Crippen molar-refractivity contribution in [2.75, 3.05) is 19.6 Å². The Balaban J connectivity index is 0.000000569. The number of benzene rings is 2. The van der Waals surface area contributed by atoms with Gasteiger partial charge in [0.15, 0.2) is 0 Å². The molecule has 0 amide bonds. The van der Waals surface area contributed by atoms with Gasteiger partial charge in [0.05, 0.1) is 5.56 Å². The Hall–Kier alpha value is -3.14. The number of likely N-dealkylation sites (tertiary alicyclic amines) is 1. The molecule has 0 saturated carbocycles. The Morgan fingerprint density at radius 2 is 1.45 bits per heavy atom. The smallest absolute Gasteiger partial charge is 0.416 e. The van der Waals surface area contributed by atoms with Crippen LogP contribution in [0, 0.1) is 5.82 Å². The summed E-state index contributed by atoms with van der Waals surface area (Å²) in [6, 6.07) is 10.8. The van der Waals surface area contributed by atoms with Gasteiger partial charge in [-0.2, -0.15) is 13.2 Å². The van der Waals surface area contributed by atoms with Crippen LogP contribution in [0.4, 0.5) is 17.6 Å².